The van der Waals surface area contributed by atoms with E-state index in [1.807, 2.05) is 39.0 Å². The molecule has 0 atom stereocenters. The van der Waals surface area contributed by atoms with Crippen molar-refractivity contribution in [3.05, 3.63) is 69.4 Å². The number of nitrogens with one attached hydrogen (secondary N) is 2. The van der Waals surface area contributed by atoms with Gasteiger partial charge >= 0.3 is 0 Å². The van der Waals surface area contributed by atoms with Gasteiger partial charge in [-0.2, -0.15) is 0 Å². The van der Waals surface area contributed by atoms with E-state index in [0.29, 0.717) is 17.4 Å². The van der Waals surface area contributed by atoms with Crippen molar-refractivity contribution in [3.63, 3.8) is 0 Å². The standard InChI is InChI=1S/C27H34N6OS.C2H6/c1-7-8-9-21(16-28-6)32-26-29-13-12-22(33-26)19-10-11-20(18(2)14-19)15-30-24(34)23-17-31-25(35-23)27(3,4)5;1-2/h9-14,16-17H,7-8,15H2,1-6H3,(H,30,34)(H,29,32,33);1-2H3/b21-9+,28-16?;. The van der Waals surface area contributed by atoms with Gasteiger partial charge in [0.2, 0.25) is 5.95 Å². The number of carbonyl (C=O) groups excluding carboxylic acids is 1. The van der Waals surface area contributed by atoms with Gasteiger partial charge in [-0.15, -0.1) is 11.3 Å². The minimum absolute atomic E-state index is 0.0665. The Morgan fingerprint density at radius 1 is 1.16 bits per heavy atom. The maximum absolute atomic E-state index is 12.6. The normalized spacial score (nSPS) is 11.7. The molecule has 0 unspecified atom stereocenters. The molecule has 0 saturated carbocycles. The number of unbranched alkanes of at least 4 members (excludes halogenated alkanes) is 1. The maximum Gasteiger partial charge on any atom is 0.263 e. The molecule has 2 N–H and O–H groups in total. The van der Waals surface area contributed by atoms with Gasteiger partial charge in [0.15, 0.2) is 0 Å². The number of carbonyl (C=O) groups is 1. The molecule has 37 heavy (non-hydrogen) atoms. The van der Waals surface area contributed by atoms with Crippen molar-refractivity contribution in [2.24, 2.45) is 4.99 Å². The Morgan fingerprint density at radius 3 is 2.54 bits per heavy atom. The number of benzene rings is 1. The molecule has 0 saturated heterocycles. The number of amides is 1. The highest BCUT2D eigenvalue weighted by molar-refractivity contribution is 7.13. The Bertz CT molecular complexity index is 1220. The monoisotopic (exact) mass is 520 g/mol. The van der Waals surface area contributed by atoms with E-state index in [0.717, 1.165) is 45.9 Å². The van der Waals surface area contributed by atoms with Crippen molar-refractivity contribution >= 4 is 29.4 Å². The summed E-state index contributed by atoms with van der Waals surface area (Å²) in [6.45, 7) is 14.9. The van der Waals surface area contributed by atoms with Crippen LogP contribution in [0.25, 0.3) is 11.3 Å². The number of rotatable bonds is 9. The molecule has 198 valence electrons. The largest absolute Gasteiger partial charge is 0.347 e. The number of anilines is 1. The second-order valence-electron chi connectivity index (χ2n) is 9.33. The zero-order chi connectivity index (χ0) is 27.4. The van der Waals surface area contributed by atoms with Gasteiger partial charge in [-0.1, -0.05) is 66.2 Å². The van der Waals surface area contributed by atoms with Crippen LogP contribution in [-0.4, -0.2) is 34.1 Å². The average molecular weight is 521 g/mol. The van der Waals surface area contributed by atoms with E-state index in [9.17, 15) is 4.79 Å². The van der Waals surface area contributed by atoms with E-state index in [1.165, 1.54) is 11.3 Å². The molecule has 3 rings (SSSR count). The molecule has 2 aromatic heterocycles. The zero-order valence-corrected chi connectivity index (χ0v) is 24.2. The lowest BCUT2D eigenvalue weighted by atomic mass is 9.98. The van der Waals surface area contributed by atoms with E-state index in [4.69, 9.17) is 0 Å². The summed E-state index contributed by atoms with van der Waals surface area (Å²) in [5.74, 6) is 0.425. The molecule has 0 aliphatic carbocycles. The Hall–Kier alpha value is -3.39. The molecule has 8 heteroatoms. The van der Waals surface area contributed by atoms with Crippen LogP contribution in [-0.2, 0) is 12.0 Å². The maximum atomic E-state index is 12.6. The number of allylic oxidation sites excluding steroid dienone is 2. The highest BCUT2D eigenvalue weighted by atomic mass is 32.1. The van der Waals surface area contributed by atoms with E-state index < -0.39 is 0 Å². The lowest BCUT2D eigenvalue weighted by Crippen LogP contribution is -2.22. The van der Waals surface area contributed by atoms with Gasteiger partial charge in [0.05, 0.1) is 22.6 Å². The van der Waals surface area contributed by atoms with Gasteiger partial charge in [-0.3, -0.25) is 9.79 Å². The molecular formula is C29H40N6OS. The Morgan fingerprint density at radius 2 is 1.92 bits per heavy atom. The minimum Gasteiger partial charge on any atom is -0.347 e. The van der Waals surface area contributed by atoms with Crippen molar-refractivity contribution in [3.8, 4) is 11.3 Å². The zero-order valence-electron chi connectivity index (χ0n) is 23.3. The summed E-state index contributed by atoms with van der Waals surface area (Å²) < 4.78 is 0. The highest BCUT2D eigenvalue weighted by Gasteiger charge is 2.20. The molecule has 1 amide bonds. The van der Waals surface area contributed by atoms with Crippen LogP contribution < -0.4 is 10.6 Å². The number of aliphatic imine (C=N–C) groups is 1. The van der Waals surface area contributed by atoms with Crippen molar-refractivity contribution in [1.82, 2.24) is 20.3 Å². The van der Waals surface area contributed by atoms with Gasteiger partial charge in [0.1, 0.15) is 4.88 Å². The van der Waals surface area contributed by atoms with Gasteiger partial charge in [0.25, 0.3) is 5.91 Å². The van der Waals surface area contributed by atoms with Gasteiger partial charge < -0.3 is 10.6 Å². The molecule has 0 radical (unpaired) electrons. The highest BCUT2D eigenvalue weighted by Crippen LogP contribution is 2.27. The molecule has 1 aromatic carbocycles. The number of thiazole rings is 1. The van der Waals surface area contributed by atoms with Gasteiger partial charge in [-0.25, -0.2) is 15.0 Å². The summed E-state index contributed by atoms with van der Waals surface area (Å²) in [5, 5.41) is 7.22. The van der Waals surface area contributed by atoms with Gasteiger partial charge in [0, 0.05) is 37.0 Å². The quantitative estimate of drug-likeness (QED) is 0.298. The molecule has 0 spiro atoms. The predicted octanol–water partition coefficient (Wildman–Crippen LogP) is 6.96. The van der Waals surface area contributed by atoms with Crippen molar-refractivity contribution in [1.29, 1.82) is 0 Å². The molecule has 0 bridgehead atoms. The Balaban J connectivity index is 0.00000235. The summed E-state index contributed by atoms with van der Waals surface area (Å²) in [6.07, 6.45) is 9.27. The van der Waals surface area contributed by atoms with Crippen LogP contribution in [0.5, 0.6) is 0 Å². The molecule has 0 fully saturated rings. The predicted molar refractivity (Wildman–Crippen MR) is 157 cm³/mol. The second-order valence-corrected chi connectivity index (χ2v) is 10.4. The fourth-order valence-electron chi connectivity index (χ4n) is 3.33. The van der Waals surface area contributed by atoms with Gasteiger partial charge in [-0.05, 0) is 36.6 Å². The molecule has 0 aliphatic rings. The number of aromatic nitrogens is 3. The van der Waals surface area contributed by atoms with E-state index >= 15 is 0 Å². The number of hydrogen-bond donors (Lipinski definition) is 2. The third-order valence-corrected chi connectivity index (χ3v) is 6.70. The van der Waals surface area contributed by atoms with Crippen LogP contribution in [0.2, 0.25) is 0 Å². The first-order chi connectivity index (χ1) is 17.7. The van der Waals surface area contributed by atoms with Crippen LogP contribution in [0, 0.1) is 6.92 Å². The Kier molecular flexibility index (Phi) is 11.6. The number of hydrogen-bond acceptors (Lipinski definition) is 7. The third-order valence-electron chi connectivity index (χ3n) is 5.28. The summed E-state index contributed by atoms with van der Waals surface area (Å²) in [4.78, 5) is 30.8. The lowest BCUT2D eigenvalue weighted by molar-refractivity contribution is 0.0954. The van der Waals surface area contributed by atoms with Crippen LogP contribution in [0.4, 0.5) is 5.95 Å². The minimum atomic E-state index is -0.101. The topological polar surface area (TPSA) is 92.2 Å². The first-order valence-corrected chi connectivity index (χ1v) is 13.6. The van der Waals surface area contributed by atoms with Crippen LogP contribution >= 0.6 is 11.3 Å². The summed E-state index contributed by atoms with van der Waals surface area (Å²) >= 11 is 1.44. The summed E-state index contributed by atoms with van der Waals surface area (Å²) in [7, 11) is 1.74. The molecule has 0 aliphatic heterocycles. The molecular weight excluding hydrogens is 480 g/mol. The number of nitrogens with zero attached hydrogens (tertiary/aromatic N) is 4. The van der Waals surface area contributed by atoms with E-state index in [2.05, 4.69) is 70.4 Å². The van der Waals surface area contributed by atoms with Crippen LogP contribution in [0.15, 0.2) is 53.4 Å². The number of aryl methyl sites for hydroxylation is 1. The first-order valence-electron chi connectivity index (χ1n) is 12.8. The SMILES string of the molecule is CC.CCC/C=C(\C=NC)Nc1nccc(-c2ccc(CNC(=O)c3cnc(C(C)(C)C)s3)c(C)c2)n1. The summed E-state index contributed by atoms with van der Waals surface area (Å²) in [6, 6.07) is 8.02. The summed E-state index contributed by atoms with van der Waals surface area (Å²) in [5.41, 5.74) is 4.76. The average Bonchev–Trinajstić information content (AvgIpc) is 3.39. The van der Waals surface area contributed by atoms with Crippen LogP contribution in [0.3, 0.4) is 0 Å². The molecule has 3 aromatic rings. The van der Waals surface area contributed by atoms with E-state index in [-0.39, 0.29) is 11.3 Å². The smallest absolute Gasteiger partial charge is 0.263 e. The molecule has 2 heterocycles. The Labute approximate surface area is 225 Å². The lowest BCUT2D eigenvalue weighted by Gasteiger charge is -2.13. The first kappa shape index (κ1) is 29.8. The molecule has 7 nitrogen and oxygen atoms in total. The van der Waals surface area contributed by atoms with Crippen molar-refractivity contribution in [2.45, 2.75) is 73.3 Å². The fourth-order valence-corrected chi connectivity index (χ4v) is 4.22. The fraction of sp³-hybridized carbons (Fsp3) is 0.414. The second kappa shape index (κ2) is 14.4. The van der Waals surface area contributed by atoms with Crippen molar-refractivity contribution < 1.29 is 4.79 Å². The third kappa shape index (κ3) is 8.89. The van der Waals surface area contributed by atoms with E-state index in [1.54, 1.807) is 25.7 Å². The van der Waals surface area contributed by atoms with Crippen molar-refractivity contribution in [2.75, 3.05) is 12.4 Å². The van der Waals surface area contributed by atoms with Crippen LogP contribution in [0.1, 0.15) is 80.2 Å².